The molecule has 0 saturated heterocycles. The Bertz CT molecular complexity index is 555. The second kappa shape index (κ2) is 4.55. The number of aromatic amines is 1. The zero-order valence-corrected chi connectivity index (χ0v) is 11.0. The van der Waals surface area contributed by atoms with E-state index in [1.807, 2.05) is 12.1 Å². The summed E-state index contributed by atoms with van der Waals surface area (Å²) in [6.07, 6.45) is 0. The molecule has 0 amide bonds. The Labute approximate surface area is 102 Å². The average Bonchev–Trinajstić information content (AvgIpc) is 2.23. The van der Waals surface area contributed by atoms with Gasteiger partial charge in [0.2, 0.25) is 5.43 Å². The molecule has 0 aliphatic rings. The predicted molar refractivity (Wildman–Crippen MR) is 69.6 cm³/mol. The molecule has 2 aromatic rings. The summed E-state index contributed by atoms with van der Waals surface area (Å²) in [5, 5.41) is 7.49. The molecule has 78 valence electrons. The Morgan fingerprint density at radius 3 is 3.07 bits per heavy atom. The van der Waals surface area contributed by atoms with Crippen molar-refractivity contribution in [2.45, 2.75) is 6.61 Å². The van der Waals surface area contributed by atoms with Crippen LogP contribution in [0.5, 0.6) is 0 Å². The highest BCUT2D eigenvalue weighted by molar-refractivity contribution is 14.1. The number of para-hydroxylation sites is 1. The number of benzene rings is 1. The Morgan fingerprint density at radius 1 is 1.53 bits per heavy atom. The van der Waals surface area contributed by atoms with Crippen LogP contribution in [0.4, 0.5) is 0 Å². The molecule has 0 aliphatic heterocycles. The van der Waals surface area contributed by atoms with E-state index in [1.54, 1.807) is 6.07 Å². The molecule has 6 heteroatoms. The molecule has 4 nitrogen and oxygen atoms in total. The largest absolute Gasteiger partial charge is 0.359 e. The van der Waals surface area contributed by atoms with Crippen LogP contribution in [-0.2, 0) is 11.1 Å². The van der Waals surface area contributed by atoms with Gasteiger partial charge < -0.3 is 4.52 Å². The Morgan fingerprint density at radius 2 is 2.33 bits per heavy atom. The van der Waals surface area contributed by atoms with Gasteiger partial charge in [0.25, 0.3) is 0 Å². The van der Waals surface area contributed by atoms with Gasteiger partial charge in [-0.3, -0.25) is 9.89 Å². The van der Waals surface area contributed by atoms with Crippen LogP contribution in [0.2, 0.25) is 0 Å². The van der Waals surface area contributed by atoms with Crippen LogP contribution in [-0.4, -0.2) is 10.2 Å². The number of aromatic nitrogens is 2. The molecule has 2 rings (SSSR count). The van der Waals surface area contributed by atoms with Crippen molar-refractivity contribution in [3.8, 4) is 0 Å². The normalized spacial score (nSPS) is 10.8. The smallest absolute Gasteiger partial charge is 0.213 e. The van der Waals surface area contributed by atoms with Crippen LogP contribution in [0.1, 0.15) is 5.69 Å². The molecule has 1 N–H and O–H groups in total. The molecule has 0 saturated carbocycles. The average molecular weight is 334 g/mol. The minimum atomic E-state index is -0.0790. The summed E-state index contributed by atoms with van der Waals surface area (Å²) in [7, 11) is 2.10. The molecule has 1 unspecified atom stereocenters. The van der Waals surface area contributed by atoms with Crippen molar-refractivity contribution >= 4 is 43.0 Å². The molecule has 0 radical (unpaired) electrons. The fourth-order valence-electron chi connectivity index (χ4n) is 1.33. The fourth-order valence-corrected chi connectivity index (χ4v) is 2.11. The lowest BCUT2D eigenvalue weighted by molar-refractivity contribution is 0.352. The zero-order chi connectivity index (χ0) is 10.8. The van der Waals surface area contributed by atoms with Gasteiger partial charge in [-0.05, 0) is 34.7 Å². The third-order valence-corrected chi connectivity index (χ3v) is 3.11. The first-order valence-electron chi connectivity index (χ1n) is 4.21. The van der Waals surface area contributed by atoms with Gasteiger partial charge in [-0.15, -0.1) is 0 Å². The first-order valence-corrected chi connectivity index (χ1v) is 5.76. The number of H-pyrrole nitrogens is 1. The SMILES string of the molecule is O=c1c(COP)n[nH]c2c(I)cccc12. The number of rotatable bonds is 2. The summed E-state index contributed by atoms with van der Waals surface area (Å²) in [5.74, 6) is 0. The maximum absolute atomic E-state index is 11.9. The summed E-state index contributed by atoms with van der Waals surface area (Å²) in [5.41, 5.74) is 1.08. The zero-order valence-electron chi connectivity index (χ0n) is 7.66. The van der Waals surface area contributed by atoms with Crippen molar-refractivity contribution in [1.29, 1.82) is 0 Å². The Balaban J connectivity index is 2.75. The van der Waals surface area contributed by atoms with Crippen LogP contribution in [0.25, 0.3) is 10.9 Å². The molecule has 0 spiro atoms. The highest BCUT2D eigenvalue weighted by atomic mass is 127. The van der Waals surface area contributed by atoms with E-state index in [0.29, 0.717) is 11.1 Å². The van der Waals surface area contributed by atoms with Gasteiger partial charge in [0, 0.05) is 13.0 Å². The lowest BCUT2D eigenvalue weighted by atomic mass is 10.2. The van der Waals surface area contributed by atoms with E-state index in [-0.39, 0.29) is 12.0 Å². The molecule has 0 aliphatic carbocycles. The quantitative estimate of drug-likeness (QED) is 0.674. The number of halogens is 1. The second-order valence-electron chi connectivity index (χ2n) is 2.97. The predicted octanol–water partition coefficient (Wildman–Crippen LogP) is 1.83. The van der Waals surface area contributed by atoms with Crippen molar-refractivity contribution in [3.05, 3.63) is 37.7 Å². The number of hydrogen-bond donors (Lipinski definition) is 1. The van der Waals surface area contributed by atoms with Crippen molar-refractivity contribution in [3.63, 3.8) is 0 Å². The summed E-state index contributed by atoms with van der Waals surface area (Å²) in [6, 6.07) is 5.56. The molecular weight excluding hydrogens is 326 g/mol. The van der Waals surface area contributed by atoms with Gasteiger partial charge in [-0.25, -0.2) is 0 Å². The number of hydrogen-bond acceptors (Lipinski definition) is 3. The molecule has 15 heavy (non-hydrogen) atoms. The third-order valence-electron chi connectivity index (χ3n) is 2.04. The minimum Gasteiger partial charge on any atom is -0.359 e. The molecule has 0 fully saturated rings. The Kier molecular flexibility index (Phi) is 3.33. The summed E-state index contributed by atoms with van der Waals surface area (Å²) in [6.45, 7) is 0.196. The van der Waals surface area contributed by atoms with E-state index in [9.17, 15) is 4.79 Å². The van der Waals surface area contributed by atoms with E-state index in [1.165, 1.54) is 0 Å². The van der Waals surface area contributed by atoms with Crippen molar-refractivity contribution in [1.82, 2.24) is 10.2 Å². The van der Waals surface area contributed by atoms with E-state index < -0.39 is 0 Å². The van der Waals surface area contributed by atoms with Crippen molar-refractivity contribution < 1.29 is 4.52 Å². The molecule has 1 atom stereocenters. The molecular formula is C9H8IN2O2P. The van der Waals surface area contributed by atoms with Crippen molar-refractivity contribution in [2.24, 2.45) is 0 Å². The molecule has 1 aromatic heterocycles. The van der Waals surface area contributed by atoms with Gasteiger partial charge >= 0.3 is 0 Å². The second-order valence-corrected chi connectivity index (χ2v) is 4.47. The lowest BCUT2D eigenvalue weighted by Crippen LogP contribution is -2.13. The fraction of sp³-hybridized carbons (Fsp3) is 0.111. The first-order chi connectivity index (χ1) is 7.24. The molecule has 1 aromatic carbocycles. The van der Waals surface area contributed by atoms with Crippen molar-refractivity contribution in [2.75, 3.05) is 0 Å². The van der Waals surface area contributed by atoms with Gasteiger partial charge in [0.1, 0.15) is 5.69 Å². The maximum Gasteiger partial charge on any atom is 0.213 e. The van der Waals surface area contributed by atoms with Crippen LogP contribution in [0.15, 0.2) is 23.0 Å². The van der Waals surface area contributed by atoms with Gasteiger partial charge in [0.05, 0.1) is 17.5 Å². The van der Waals surface area contributed by atoms with Crippen LogP contribution < -0.4 is 5.43 Å². The lowest BCUT2D eigenvalue weighted by Gasteiger charge is -2.02. The summed E-state index contributed by atoms with van der Waals surface area (Å²) < 4.78 is 5.80. The van der Waals surface area contributed by atoms with Crippen LogP contribution in [0, 0.1) is 3.57 Å². The standard InChI is InChI=1S/C9H8IN2O2P/c10-6-3-1-2-5-8(6)12-11-7(4-14-15)9(5)13/h1-3H,4,15H2,(H,12,13). The third kappa shape index (κ3) is 2.04. The van der Waals surface area contributed by atoms with Gasteiger partial charge in [0.15, 0.2) is 0 Å². The van der Waals surface area contributed by atoms with Crippen LogP contribution >= 0.6 is 32.1 Å². The number of nitrogens with one attached hydrogen (secondary N) is 1. The highest BCUT2D eigenvalue weighted by Gasteiger charge is 2.07. The number of nitrogens with zero attached hydrogens (tertiary/aromatic N) is 1. The summed E-state index contributed by atoms with van der Waals surface area (Å²) in [4.78, 5) is 11.9. The van der Waals surface area contributed by atoms with Crippen LogP contribution in [0.3, 0.4) is 0 Å². The maximum atomic E-state index is 11.9. The van der Waals surface area contributed by atoms with Gasteiger partial charge in [-0.2, -0.15) is 5.10 Å². The van der Waals surface area contributed by atoms with E-state index in [4.69, 9.17) is 4.52 Å². The molecule has 1 heterocycles. The monoisotopic (exact) mass is 334 g/mol. The van der Waals surface area contributed by atoms with E-state index in [2.05, 4.69) is 42.3 Å². The van der Waals surface area contributed by atoms with Gasteiger partial charge in [-0.1, -0.05) is 6.07 Å². The highest BCUT2D eigenvalue weighted by Crippen LogP contribution is 2.14. The minimum absolute atomic E-state index is 0.0790. The summed E-state index contributed by atoms with van der Waals surface area (Å²) >= 11 is 2.16. The topological polar surface area (TPSA) is 55.0 Å². The first kappa shape index (κ1) is 11.0. The van der Waals surface area contributed by atoms with E-state index >= 15 is 0 Å². The van der Waals surface area contributed by atoms with E-state index in [0.717, 1.165) is 9.09 Å². The molecule has 0 bridgehead atoms. The number of fused-ring (bicyclic) bond motifs is 1. The Hall–Kier alpha value is -0.520.